The Bertz CT molecular complexity index is 577. The Balaban J connectivity index is 1.95. The number of hydrogen-bond acceptors (Lipinski definition) is 4. The second kappa shape index (κ2) is 4.51. The van der Waals surface area contributed by atoms with E-state index < -0.39 is 0 Å². The van der Waals surface area contributed by atoms with E-state index in [1.165, 1.54) is 10.4 Å². The molecule has 0 spiro atoms. The van der Waals surface area contributed by atoms with Crippen molar-refractivity contribution in [3.63, 3.8) is 0 Å². The largest absolute Gasteiger partial charge is 0.306 e. The molecule has 92 valence electrons. The zero-order chi connectivity index (χ0) is 12.5. The number of thiophene rings is 1. The van der Waals surface area contributed by atoms with Gasteiger partial charge < -0.3 is 5.32 Å². The number of nitrogens with one attached hydrogen (secondary N) is 1. The number of non-ortho nitro benzene ring substituents is 1. The zero-order valence-electron chi connectivity index (χ0n) is 9.63. The minimum Gasteiger partial charge on any atom is -0.306 e. The maximum atomic E-state index is 10.6. The van der Waals surface area contributed by atoms with E-state index in [2.05, 4.69) is 16.8 Å². The highest BCUT2D eigenvalue weighted by Crippen LogP contribution is 2.32. The Morgan fingerprint density at radius 2 is 2.06 bits per heavy atom. The molecule has 0 fully saturated rings. The summed E-state index contributed by atoms with van der Waals surface area (Å²) in [5, 5.41) is 16.2. The quantitative estimate of drug-likeness (QED) is 0.667. The molecule has 0 bridgehead atoms. The third kappa shape index (κ3) is 1.91. The van der Waals surface area contributed by atoms with E-state index >= 15 is 0 Å². The molecular formula is C13H12N2O2S. The van der Waals surface area contributed by atoms with Crippen LogP contribution in [0.3, 0.4) is 0 Å². The molecule has 0 radical (unpaired) electrons. The van der Waals surface area contributed by atoms with Crippen LogP contribution in [-0.2, 0) is 6.42 Å². The van der Waals surface area contributed by atoms with Gasteiger partial charge in [0.1, 0.15) is 0 Å². The van der Waals surface area contributed by atoms with Crippen LogP contribution in [0.2, 0.25) is 0 Å². The normalized spacial score (nSPS) is 18.3. The molecule has 0 amide bonds. The molecule has 5 heteroatoms. The molecule has 0 saturated carbocycles. The fraction of sp³-hybridized carbons (Fsp3) is 0.231. The fourth-order valence-corrected chi connectivity index (χ4v) is 3.26. The third-order valence-electron chi connectivity index (χ3n) is 3.23. The van der Waals surface area contributed by atoms with Crippen molar-refractivity contribution in [2.45, 2.75) is 12.5 Å². The Morgan fingerprint density at radius 3 is 2.78 bits per heavy atom. The average molecular weight is 260 g/mol. The molecule has 4 nitrogen and oxygen atoms in total. The first-order valence-corrected chi connectivity index (χ1v) is 6.67. The molecule has 3 rings (SSSR count). The van der Waals surface area contributed by atoms with Crippen molar-refractivity contribution in [2.24, 2.45) is 0 Å². The van der Waals surface area contributed by atoms with Gasteiger partial charge in [0, 0.05) is 23.6 Å². The Morgan fingerprint density at radius 1 is 1.28 bits per heavy atom. The van der Waals surface area contributed by atoms with E-state index in [1.807, 2.05) is 12.1 Å². The molecule has 1 aliphatic rings. The summed E-state index contributed by atoms with van der Waals surface area (Å²) in [7, 11) is 0. The number of benzene rings is 1. The monoisotopic (exact) mass is 260 g/mol. The summed E-state index contributed by atoms with van der Waals surface area (Å²) in [5.74, 6) is 0. The van der Waals surface area contributed by atoms with E-state index in [1.54, 1.807) is 23.5 Å². The Kier molecular flexibility index (Phi) is 2.85. The molecular weight excluding hydrogens is 248 g/mol. The van der Waals surface area contributed by atoms with Crippen molar-refractivity contribution >= 4 is 17.0 Å². The van der Waals surface area contributed by atoms with Crippen molar-refractivity contribution in [3.8, 4) is 0 Å². The van der Waals surface area contributed by atoms with Crippen molar-refractivity contribution in [1.82, 2.24) is 5.32 Å². The van der Waals surface area contributed by atoms with Crippen LogP contribution in [0.5, 0.6) is 0 Å². The molecule has 1 aromatic carbocycles. The predicted octanol–water partition coefficient (Wildman–Crippen LogP) is 2.89. The lowest BCUT2D eigenvalue weighted by Crippen LogP contribution is -2.29. The second-order valence-electron chi connectivity index (χ2n) is 4.28. The highest BCUT2D eigenvalue weighted by Gasteiger charge is 2.22. The molecule has 2 aromatic rings. The highest BCUT2D eigenvalue weighted by molar-refractivity contribution is 7.10. The minimum atomic E-state index is -0.367. The van der Waals surface area contributed by atoms with Crippen LogP contribution in [0.4, 0.5) is 5.69 Å². The van der Waals surface area contributed by atoms with Gasteiger partial charge in [-0.15, -0.1) is 11.3 Å². The standard InChI is InChI=1S/C13H12N2O2S/c16-15(17)10-3-1-9(2-4-10)13-11-6-8-18-12(11)5-7-14-13/h1-4,6,8,13-14H,5,7H2/t13-/m0/s1. The number of hydrogen-bond donors (Lipinski definition) is 1. The molecule has 1 atom stereocenters. The number of nitro benzene ring substituents is 1. The molecule has 1 aromatic heterocycles. The molecule has 18 heavy (non-hydrogen) atoms. The van der Waals surface area contributed by atoms with Gasteiger partial charge in [0.2, 0.25) is 0 Å². The van der Waals surface area contributed by atoms with Crippen LogP contribution < -0.4 is 5.32 Å². The predicted molar refractivity (Wildman–Crippen MR) is 71.0 cm³/mol. The summed E-state index contributed by atoms with van der Waals surface area (Å²) in [6, 6.07) is 9.11. The molecule has 2 heterocycles. The summed E-state index contributed by atoms with van der Waals surface area (Å²) >= 11 is 1.78. The topological polar surface area (TPSA) is 55.2 Å². The molecule has 1 aliphatic heterocycles. The van der Waals surface area contributed by atoms with Crippen LogP contribution in [0, 0.1) is 10.1 Å². The highest BCUT2D eigenvalue weighted by atomic mass is 32.1. The number of nitrogens with zero attached hydrogens (tertiary/aromatic N) is 1. The van der Waals surface area contributed by atoms with E-state index in [4.69, 9.17) is 0 Å². The van der Waals surface area contributed by atoms with Crippen molar-refractivity contribution in [1.29, 1.82) is 0 Å². The zero-order valence-corrected chi connectivity index (χ0v) is 10.4. The fourth-order valence-electron chi connectivity index (χ4n) is 2.34. The van der Waals surface area contributed by atoms with Crippen LogP contribution in [0.1, 0.15) is 22.0 Å². The van der Waals surface area contributed by atoms with Gasteiger partial charge in [0.15, 0.2) is 0 Å². The number of rotatable bonds is 2. The van der Waals surface area contributed by atoms with Gasteiger partial charge in [0.25, 0.3) is 5.69 Å². The number of fused-ring (bicyclic) bond motifs is 1. The maximum Gasteiger partial charge on any atom is 0.269 e. The van der Waals surface area contributed by atoms with Crippen molar-refractivity contribution in [2.75, 3.05) is 6.54 Å². The molecule has 0 unspecified atom stereocenters. The molecule has 0 aliphatic carbocycles. The van der Waals surface area contributed by atoms with E-state index in [9.17, 15) is 10.1 Å². The van der Waals surface area contributed by atoms with Gasteiger partial charge in [0.05, 0.1) is 11.0 Å². The first-order chi connectivity index (χ1) is 8.75. The van der Waals surface area contributed by atoms with Crippen molar-refractivity contribution in [3.05, 3.63) is 61.8 Å². The lowest BCUT2D eigenvalue weighted by molar-refractivity contribution is -0.384. The Hall–Kier alpha value is -1.72. The van der Waals surface area contributed by atoms with Crippen LogP contribution >= 0.6 is 11.3 Å². The third-order valence-corrected chi connectivity index (χ3v) is 4.23. The SMILES string of the molecule is O=[N+]([O-])c1ccc([C@@H]2NCCc3sccc32)cc1. The second-order valence-corrected chi connectivity index (χ2v) is 5.29. The Labute approximate surface area is 108 Å². The van der Waals surface area contributed by atoms with Crippen LogP contribution in [-0.4, -0.2) is 11.5 Å². The lowest BCUT2D eigenvalue weighted by atomic mass is 9.95. The summed E-state index contributed by atoms with van der Waals surface area (Å²) in [4.78, 5) is 11.7. The minimum absolute atomic E-state index is 0.139. The van der Waals surface area contributed by atoms with Gasteiger partial charge in [-0.1, -0.05) is 12.1 Å². The van der Waals surface area contributed by atoms with Gasteiger partial charge in [-0.05, 0) is 29.0 Å². The van der Waals surface area contributed by atoms with Crippen LogP contribution in [0.15, 0.2) is 35.7 Å². The van der Waals surface area contributed by atoms with E-state index in [-0.39, 0.29) is 16.7 Å². The van der Waals surface area contributed by atoms with Gasteiger partial charge in [-0.2, -0.15) is 0 Å². The van der Waals surface area contributed by atoms with E-state index in [0.29, 0.717) is 0 Å². The summed E-state index contributed by atoms with van der Waals surface area (Å²) in [6.07, 6.45) is 1.07. The summed E-state index contributed by atoms with van der Waals surface area (Å²) < 4.78 is 0. The first kappa shape index (κ1) is 11.4. The van der Waals surface area contributed by atoms with Crippen LogP contribution in [0.25, 0.3) is 0 Å². The molecule has 1 N–H and O–H groups in total. The van der Waals surface area contributed by atoms with Gasteiger partial charge in [-0.3, -0.25) is 10.1 Å². The van der Waals surface area contributed by atoms with Gasteiger partial charge in [-0.25, -0.2) is 0 Å². The van der Waals surface area contributed by atoms with Gasteiger partial charge >= 0.3 is 0 Å². The summed E-state index contributed by atoms with van der Waals surface area (Å²) in [6.45, 7) is 0.954. The first-order valence-electron chi connectivity index (χ1n) is 5.80. The average Bonchev–Trinajstić information content (AvgIpc) is 2.87. The smallest absolute Gasteiger partial charge is 0.269 e. The number of nitro groups is 1. The van der Waals surface area contributed by atoms with E-state index in [0.717, 1.165) is 18.5 Å². The lowest BCUT2D eigenvalue weighted by Gasteiger charge is -2.24. The summed E-state index contributed by atoms with van der Waals surface area (Å²) in [5.41, 5.74) is 2.53. The maximum absolute atomic E-state index is 10.6. The van der Waals surface area contributed by atoms with Crippen molar-refractivity contribution < 1.29 is 4.92 Å². The molecule has 0 saturated heterocycles.